The van der Waals surface area contributed by atoms with E-state index in [9.17, 15) is 30.0 Å². The molecule has 1 aliphatic rings. The van der Waals surface area contributed by atoms with Gasteiger partial charge in [-0.1, -0.05) is 81.0 Å². The first-order valence-corrected chi connectivity index (χ1v) is 15.9. The molecule has 44 heavy (non-hydrogen) atoms. The number of unbranched alkanes of at least 4 members (excludes halogenated alkanes) is 2. The van der Waals surface area contributed by atoms with Crippen molar-refractivity contribution in [3.8, 4) is 0 Å². The summed E-state index contributed by atoms with van der Waals surface area (Å²) >= 11 is 0. The topological polar surface area (TPSA) is 152 Å². The Hall–Kier alpha value is -2.60. The number of rotatable bonds is 23. The summed E-state index contributed by atoms with van der Waals surface area (Å²) in [6, 6.07) is 0. The normalized spacial score (nSPS) is 23.5. The third-order valence-corrected chi connectivity index (χ3v) is 6.67. The first-order chi connectivity index (χ1) is 21.3. The quantitative estimate of drug-likeness (QED) is 0.0734. The van der Waals surface area contributed by atoms with E-state index in [-0.39, 0.29) is 26.1 Å². The molecule has 0 amide bonds. The molecule has 6 unspecified atom stereocenters. The van der Waals surface area contributed by atoms with E-state index in [0.717, 1.165) is 38.5 Å². The molecule has 0 aromatic carbocycles. The Labute approximate surface area is 262 Å². The van der Waals surface area contributed by atoms with Gasteiger partial charge in [0.2, 0.25) is 0 Å². The van der Waals surface area contributed by atoms with Gasteiger partial charge in [-0.25, -0.2) is 0 Å². The van der Waals surface area contributed by atoms with Crippen LogP contribution in [0.1, 0.15) is 84.5 Å². The molecule has 4 N–H and O–H groups in total. The Morgan fingerprint density at radius 3 is 1.86 bits per heavy atom. The van der Waals surface area contributed by atoms with Crippen molar-refractivity contribution in [1.82, 2.24) is 0 Å². The van der Waals surface area contributed by atoms with Gasteiger partial charge in [0.1, 0.15) is 31.0 Å². The summed E-state index contributed by atoms with van der Waals surface area (Å²) in [5, 5.41) is 39.5. The lowest BCUT2D eigenvalue weighted by Crippen LogP contribution is -2.59. The zero-order chi connectivity index (χ0) is 32.4. The highest BCUT2D eigenvalue weighted by molar-refractivity contribution is 5.70. The highest BCUT2D eigenvalue weighted by atomic mass is 16.7. The van der Waals surface area contributed by atoms with Gasteiger partial charge in [-0.15, -0.1) is 0 Å². The number of esters is 2. The molecule has 0 aromatic rings. The summed E-state index contributed by atoms with van der Waals surface area (Å²) in [5.41, 5.74) is 0. The second-order valence-corrected chi connectivity index (χ2v) is 10.5. The molecule has 0 aromatic heterocycles. The fraction of sp³-hybridized carbons (Fsp3) is 0.647. The molecular formula is C34H54O10. The Morgan fingerprint density at radius 2 is 1.30 bits per heavy atom. The van der Waals surface area contributed by atoms with Crippen molar-refractivity contribution in [1.29, 1.82) is 0 Å². The van der Waals surface area contributed by atoms with Crippen molar-refractivity contribution < 1.29 is 49.0 Å². The van der Waals surface area contributed by atoms with Gasteiger partial charge in [0, 0.05) is 12.8 Å². The maximum absolute atomic E-state index is 12.5. The van der Waals surface area contributed by atoms with Gasteiger partial charge < -0.3 is 39.4 Å². The third-order valence-electron chi connectivity index (χ3n) is 6.67. The lowest BCUT2D eigenvalue weighted by molar-refractivity contribution is -0.305. The largest absolute Gasteiger partial charge is 0.462 e. The van der Waals surface area contributed by atoms with Crippen molar-refractivity contribution >= 4 is 11.9 Å². The van der Waals surface area contributed by atoms with Crippen LogP contribution in [-0.4, -0.2) is 89.0 Å². The predicted molar refractivity (Wildman–Crippen MR) is 168 cm³/mol. The smallest absolute Gasteiger partial charge is 0.306 e. The molecular weight excluding hydrogens is 568 g/mol. The summed E-state index contributed by atoms with van der Waals surface area (Å²) in [4.78, 5) is 24.5. The number of hydrogen-bond acceptors (Lipinski definition) is 10. The van der Waals surface area contributed by atoms with E-state index in [4.69, 9.17) is 18.9 Å². The fourth-order valence-corrected chi connectivity index (χ4v) is 4.08. The van der Waals surface area contributed by atoms with Gasteiger partial charge >= 0.3 is 11.9 Å². The van der Waals surface area contributed by atoms with Crippen LogP contribution in [0, 0.1) is 0 Å². The minimum atomic E-state index is -1.60. The monoisotopic (exact) mass is 622 g/mol. The molecule has 1 heterocycles. The lowest BCUT2D eigenvalue weighted by Gasteiger charge is -2.39. The van der Waals surface area contributed by atoms with Crippen LogP contribution in [0.2, 0.25) is 0 Å². The second kappa shape index (κ2) is 25.7. The molecule has 1 aliphatic heterocycles. The van der Waals surface area contributed by atoms with Crippen LogP contribution in [0.4, 0.5) is 0 Å². The minimum absolute atomic E-state index is 0.147. The van der Waals surface area contributed by atoms with Crippen molar-refractivity contribution in [2.75, 3.05) is 19.8 Å². The number of allylic oxidation sites excluding steroid dienone is 10. The van der Waals surface area contributed by atoms with E-state index in [1.165, 1.54) is 0 Å². The predicted octanol–water partition coefficient (Wildman–Crippen LogP) is 4.37. The van der Waals surface area contributed by atoms with E-state index in [2.05, 4.69) is 55.5 Å². The van der Waals surface area contributed by atoms with Gasteiger partial charge in [0.25, 0.3) is 0 Å². The highest BCUT2D eigenvalue weighted by Crippen LogP contribution is 2.22. The van der Waals surface area contributed by atoms with Gasteiger partial charge in [-0.2, -0.15) is 0 Å². The SMILES string of the molecule is CC/C=C\C/C=C\C/C=C\C/C=C\C/C=C\CCCC(=O)OC(COC(=O)CCCC)COC1OC(CO)C(O)C(O)C1O. The summed E-state index contributed by atoms with van der Waals surface area (Å²) in [7, 11) is 0. The van der Waals surface area contributed by atoms with Crippen molar-refractivity contribution in [2.24, 2.45) is 0 Å². The molecule has 0 radical (unpaired) electrons. The van der Waals surface area contributed by atoms with Gasteiger partial charge in [0.15, 0.2) is 12.4 Å². The van der Waals surface area contributed by atoms with Crippen molar-refractivity contribution in [3.05, 3.63) is 60.8 Å². The molecule has 0 saturated carbocycles. The summed E-state index contributed by atoms with van der Waals surface area (Å²) in [6.07, 6.45) is 20.8. The first kappa shape index (κ1) is 39.4. The Kier molecular flexibility index (Phi) is 23.0. The number of aliphatic hydroxyl groups is 4. The van der Waals surface area contributed by atoms with E-state index in [1.807, 2.05) is 19.1 Å². The first-order valence-electron chi connectivity index (χ1n) is 15.9. The average molecular weight is 623 g/mol. The molecule has 0 bridgehead atoms. The summed E-state index contributed by atoms with van der Waals surface area (Å²) < 4.78 is 21.6. The van der Waals surface area contributed by atoms with Gasteiger partial charge in [0.05, 0.1) is 13.2 Å². The zero-order valence-corrected chi connectivity index (χ0v) is 26.4. The number of aliphatic hydroxyl groups excluding tert-OH is 4. The van der Waals surface area contributed by atoms with Crippen LogP contribution in [-0.2, 0) is 28.5 Å². The standard InChI is InChI=1S/C34H54O10/c1-3-5-7-8-9-10-11-12-13-14-15-16-17-18-19-20-21-23-30(37)43-27(25-41-29(36)22-6-4-2)26-42-34-33(40)32(39)31(38)28(24-35)44-34/h5,7,9-10,12-13,15-16,18-19,27-28,31-35,38-40H,3-4,6,8,11,14,17,20-26H2,1-2H3/b7-5-,10-9-,13-12-,16-15-,19-18-. The maximum Gasteiger partial charge on any atom is 0.306 e. The van der Waals surface area contributed by atoms with E-state index in [0.29, 0.717) is 19.3 Å². The molecule has 6 atom stereocenters. The fourth-order valence-electron chi connectivity index (χ4n) is 4.08. The summed E-state index contributed by atoms with van der Waals surface area (Å²) in [6.45, 7) is 2.92. The average Bonchev–Trinajstić information content (AvgIpc) is 3.02. The third kappa shape index (κ3) is 18.3. The van der Waals surface area contributed by atoms with E-state index >= 15 is 0 Å². The van der Waals surface area contributed by atoms with E-state index < -0.39 is 55.4 Å². The van der Waals surface area contributed by atoms with E-state index in [1.54, 1.807) is 0 Å². The number of ether oxygens (including phenoxy) is 4. The van der Waals surface area contributed by atoms with Gasteiger partial charge in [-0.05, 0) is 51.4 Å². The zero-order valence-electron chi connectivity index (χ0n) is 26.4. The second-order valence-electron chi connectivity index (χ2n) is 10.5. The lowest BCUT2D eigenvalue weighted by atomic mass is 9.99. The number of hydrogen-bond donors (Lipinski definition) is 4. The van der Waals surface area contributed by atoms with Crippen LogP contribution >= 0.6 is 0 Å². The van der Waals surface area contributed by atoms with Crippen LogP contribution < -0.4 is 0 Å². The number of carbonyl (C=O) groups is 2. The molecule has 1 fully saturated rings. The van der Waals surface area contributed by atoms with Crippen LogP contribution in [0.15, 0.2) is 60.8 Å². The van der Waals surface area contributed by atoms with Crippen molar-refractivity contribution in [2.45, 2.75) is 121 Å². The Balaban J connectivity index is 2.40. The van der Waals surface area contributed by atoms with Crippen LogP contribution in [0.5, 0.6) is 0 Å². The number of carbonyl (C=O) groups excluding carboxylic acids is 2. The molecule has 0 spiro atoms. The molecule has 10 heteroatoms. The highest BCUT2D eigenvalue weighted by Gasteiger charge is 2.44. The molecule has 10 nitrogen and oxygen atoms in total. The summed E-state index contributed by atoms with van der Waals surface area (Å²) in [5.74, 6) is -0.927. The molecule has 1 rings (SSSR count). The maximum atomic E-state index is 12.5. The molecule has 0 aliphatic carbocycles. The Bertz CT molecular complexity index is 908. The van der Waals surface area contributed by atoms with Crippen molar-refractivity contribution in [3.63, 3.8) is 0 Å². The van der Waals surface area contributed by atoms with Crippen LogP contribution in [0.25, 0.3) is 0 Å². The molecule has 1 saturated heterocycles. The molecule has 250 valence electrons. The Morgan fingerprint density at radius 1 is 0.727 bits per heavy atom. The van der Waals surface area contributed by atoms with Crippen LogP contribution in [0.3, 0.4) is 0 Å². The van der Waals surface area contributed by atoms with Gasteiger partial charge in [-0.3, -0.25) is 9.59 Å². The minimum Gasteiger partial charge on any atom is -0.462 e.